The summed E-state index contributed by atoms with van der Waals surface area (Å²) in [7, 11) is 1.53. The van der Waals surface area contributed by atoms with E-state index in [4.69, 9.17) is 18.5 Å². The molecule has 0 amide bonds. The zero-order valence-corrected chi connectivity index (χ0v) is 23.3. The minimum atomic E-state index is -4.34. The molecular formula is C28H43NO7P+. The zero-order chi connectivity index (χ0) is 27.0. The second kappa shape index (κ2) is 16.7. The quantitative estimate of drug-likeness (QED) is 0.119. The van der Waals surface area contributed by atoms with Gasteiger partial charge in [0.25, 0.3) is 0 Å². The fourth-order valence-corrected chi connectivity index (χ4v) is 4.36. The lowest BCUT2D eigenvalue weighted by atomic mass is 10.1. The van der Waals surface area contributed by atoms with Crippen molar-refractivity contribution in [1.82, 2.24) is 0 Å². The molecule has 0 aromatic heterocycles. The minimum Gasteiger partial charge on any atom is -0.463 e. The van der Waals surface area contributed by atoms with Crippen LogP contribution in [0.4, 0.5) is 0 Å². The number of phosphoric acid groups is 1. The number of aryl methyl sites for hydroxylation is 2. The maximum atomic E-state index is 12.5. The van der Waals surface area contributed by atoms with Crippen molar-refractivity contribution in [3.8, 4) is 0 Å². The number of benzene rings is 2. The number of likely N-dealkylation sites (N-methyl/N-ethyl adjacent to an activating group) is 1. The Balaban J connectivity index is 1.76. The number of phosphoric ester groups is 1. The van der Waals surface area contributed by atoms with Crippen molar-refractivity contribution in [2.45, 2.75) is 44.6 Å². The second-order valence-corrected chi connectivity index (χ2v) is 11.5. The van der Waals surface area contributed by atoms with Crippen molar-refractivity contribution in [2.75, 3.05) is 54.1 Å². The van der Waals surface area contributed by atoms with E-state index in [-0.39, 0.29) is 32.2 Å². The van der Waals surface area contributed by atoms with Gasteiger partial charge in [0.15, 0.2) is 0 Å². The lowest BCUT2D eigenvalue weighted by molar-refractivity contribution is -0.870. The molecule has 0 heterocycles. The Bertz CT molecular complexity index is 935. The molecule has 0 spiro atoms. The maximum absolute atomic E-state index is 12.5. The average molecular weight is 537 g/mol. The van der Waals surface area contributed by atoms with Crippen LogP contribution >= 0.6 is 7.82 Å². The van der Waals surface area contributed by atoms with Crippen LogP contribution in [0.1, 0.15) is 36.8 Å². The van der Waals surface area contributed by atoms with Crippen LogP contribution in [0.5, 0.6) is 0 Å². The summed E-state index contributed by atoms with van der Waals surface area (Å²) in [5.41, 5.74) is 2.43. The van der Waals surface area contributed by atoms with Gasteiger partial charge >= 0.3 is 13.8 Å². The molecule has 2 aromatic carbocycles. The number of unbranched alkanes of at least 4 members (excludes halogenated alkanes) is 1. The Morgan fingerprint density at radius 2 is 1.46 bits per heavy atom. The summed E-state index contributed by atoms with van der Waals surface area (Å²) in [4.78, 5) is 22.4. The SMILES string of the molecule is C[N+](C)(C)CCOP(=O)(O)OC(COCCCCc1ccccc1)COC(=O)CCCc1ccccc1. The first-order chi connectivity index (χ1) is 17.6. The van der Waals surface area contributed by atoms with Crippen LogP contribution in [0.2, 0.25) is 0 Å². The van der Waals surface area contributed by atoms with Crippen molar-refractivity contribution in [2.24, 2.45) is 0 Å². The van der Waals surface area contributed by atoms with Gasteiger partial charge in [-0.1, -0.05) is 60.7 Å². The van der Waals surface area contributed by atoms with E-state index in [1.165, 1.54) is 5.56 Å². The first kappa shape index (κ1) is 31.2. The number of carbonyl (C=O) groups is 1. The summed E-state index contributed by atoms with van der Waals surface area (Å²) in [6.07, 6.45) is 3.51. The Kier molecular flexibility index (Phi) is 14.1. The molecule has 9 heteroatoms. The van der Waals surface area contributed by atoms with Gasteiger partial charge in [-0.25, -0.2) is 4.57 Å². The molecule has 0 fully saturated rings. The number of esters is 1. The summed E-state index contributed by atoms with van der Waals surface area (Å²) in [5, 5.41) is 0. The highest BCUT2D eigenvalue weighted by molar-refractivity contribution is 7.47. The van der Waals surface area contributed by atoms with E-state index >= 15 is 0 Å². The van der Waals surface area contributed by atoms with Crippen molar-refractivity contribution >= 4 is 13.8 Å². The van der Waals surface area contributed by atoms with Gasteiger partial charge in [-0.3, -0.25) is 13.8 Å². The van der Waals surface area contributed by atoms with Crippen molar-refractivity contribution in [1.29, 1.82) is 0 Å². The van der Waals surface area contributed by atoms with E-state index in [1.807, 2.05) is 69.7 Å². The van der Waals surface area contributed by atoms with E-state index in [2.05, 4.69) is 12.1 Å². The van der Waals surface area contributed by atoms with E-state index in [1.54, 1.807) is 0 Å². The lowest BCUT2D eigenvalue weighted by Crippen LogP contribution is -2.37. The predicted molar refractivity (Wildman–Crippen MR) is 144 cm³/mol. The zero-order valence-electron chi connectivity index (χ0n) is 22.4. The third-order valence-electron chi connectivity index (χ3n) is 5.57. The van der Waals surface area contributed by atoms with Gasteiger partial charge in [-0.05, 0) is 43.2 Å². The van der Waals surface area contributed by atoms with Gasteiger partial charge < -0.3 is 18.9 Å². The molecule has 2 atom stereocenters. The fraction of sp³-hybridized carbons (Fsp3) is 0.536. The molecule has 37 heavy (non-hydrogen) atoms. The minimum absolute atomic E-state index is 0.0197. The highest BCUT2D eigenvalue weighted by Crippen LogP contribution is 2.44. The molecule has 0 aliphatic carbocycles. The van der Waals surface area contributed by atoms with E-state index in [0.29, 0.717) is 24.1 Å². The highest BCUT2D eigenvalue weighted by Gasteiger charge is 2.28. The largest absolute Gasteiger partial charge is 0.472 e. The van der Waals surface area contributed by atoms with Crippen molar-refractivity contribution < 1.29 is 37.3 Å². The van der Waals surface area contributed by atoms with Crippen LogP contribution in [0.15, 0.2) is 60.7 Å². The van der Waals surface area contributed by atoms with Gasteiger partial charge in [0, 0.05) is 13.0 Å². The molecule has 2 rings (SSSR count). The van der Waals surface area contributed by atoms with Gasteiger partial charge in [0.1, 0.15) is 25.9 Å². The normalized spacial score (nSPS) is 14.2. The van der Waals surface area contributed by atoms with Crippen LogP contribution < -0.4 is 0 Å². The topological polar surface area (TPSA) is 91.3 Å². The summed E-state index contributed by atoms with van der Waals surface area (Å²) in [6, 6.07) is 20.1. The molecule has 2 aromatic rings. The molecule has 0 saturated heterocycles. The molecule has 0 bridgehead atoms. The summed E-state index contributed by atoms with van der Waals surface area (Å²) in [5.74, 6) is -0.383. The number of nitrogens with zero attached hydrogens (tertiary/aromatic N) is 1. The molecule has 0 saturated carbocycles. The number of quaternary nitrogens is 1. The van der Waals surface area contributed by atoms with Crippen molar-refractivity contribution in [3.63, 3.8) is 0 Å². The van der Waals surface area contributed by atoms with Gasteiger partial charge in [0.05, 0.1) is 27.7 Å². The van der Waals surface area contributed by atoms with E-state index in [0.717, 1.165) is 31.2 Å². The average Bonchev–Trinajstić information content (AvgIpc) is 2.84. The summed E-state index contributed by atoms with van der Waals surface area (Å²) in [6.45, 7) is 0.898. The smallest absolute Gasteiger partial charge is 0.463 e. The first-order valence-corrected chi connectivity index (χ1v) is 14.4. The third kappa shape index (κ3) is 15.7. The van der Waals surface area contributed by atoms with E-state index < -0.39 is 13.9 Å². The number of hydrogen-bond donors (Lipinski definition) is 1. The number of carbonyl (C=O) groups excluding carboxylic acids is 1. The molecule has 206 valence electrons. The monoisotopic (exact) mass is 536 g/mol. The molecular weight excluding hydrogens is 493 g/mol. The van der Waals surface area contributed by atoms with Crippen LogP contribution in [-0.2, 0) is 40.7 Å². The number of hydrogen-bond acceptors (Lipinski definition) is 6. The van der Waals surface area contributed by atoms with Gasteiger partial charge in [-0.15, -0.1) is 0 Å². The standard InChI is InChI=1S/C28H42NO7P/c1-29(2,3)20-22-35-37(31,32)36-27(23-33-21-11-10-17-25-13-6-4-7-14-25)24-34-28(30)19-12-18-26-15-8-5-9-16-26/h4-9,13-16,27H,10-12,17-24H2,1-3H3/p+1. The number of rotatable bonds is 19. The third-order valence-corrected chi connectivity index (χ3v) is 6.64. The molecule has 1 N–H and O–H groups in total. The lowest BCUT2D eigenvalue weighted by Gasteiger charge is -2.25. The Labute approximate surface area is 221 Å². The summed E-state index contributed by atoms with van der Waals surface area (Å²) < 4.78 is 34.6. The molecule has 8 nitrogen and oxygen atoms in total. The Morgan fingerprint density at radius 1 is 0.865 bits per heavy atom. The molecule has 0 aliphatic heterocycles. The van der Waals surface area contributed by atoms with Crippen LogP contribution in [0.3, 0.4) is 0 Å². The summed E-state index contributed by atoms with van der Waals surface area (Å²) >= 11 is 0. The molecule has 0 aliphatic rings. The first-order valence-electron chi connectivity index (χ1n) is 12.9. The van der Waals surface area contributed by atoms with Crippen LogP contribution in [-0.4, -0.2) is 75.6 Å². The number of ether oxygens (including phenoxy) is 2. The van der Waals surface area contributed by atoms with Gasteiger partial charge in [-0.2, -0.15) is 0 Å². The van der Waals surface area contributed by atoms with Crippen LogP contribution in [0.25, 0.3) is 0 Å². The maximum Gasteiger partial charge on any atom is 0.472 e. The molecule has 0 radical (unpaired) electrons. The fourth-order valence-electron chi connectivity index (χ4n) is 3.49. The van der Waals surface area contributed by atoms with Gasteiger partial charge in [0.2, 0.25) is 0 Å². The Morgan fingerprint density at radius 3 is 2.05 bits per heavy atom. The van der Waals surface area contributed by atoms with Crippen molar-refractivity contribution in [3.05, 3.63) is 71.8 Å². The van der Waals surface area contributed by atoms with E-state index in [9.17, 15) is 14.3 Å². The van der Waals surface area contributed by atoms with Crippen LogP contribution in [0, 0.1) is 0 Å². The molecule has 2 unspecified atom stereocenters. The highest BCUT2D eigenvalue weighted by atomic mass is 31.2. The second-order valence-electron chi connectivity index (χ2n) is 10.1. The predicted octanol–water partition coefficient (Wildman–Crippen LogP) is 4.80. The Hall–Kier alpha value is -2.06.